The maximum Gasteiger partial charge on any atom is 0.352 e. The molecule has 1 aromatic carbocycles. The van der Waals surface area contributed by atoms with Crippen molar-refractivity contribution in [2.24, 2.45) is 0 Å². The lowest BCUT2D eigenvalue weighted by atomic mass is 10.1. The first-order valence-corrected chi connectivity index (χ1v) is 11.9. The maximum atomic E-state index is 13.4. The smallest absolute Gasteiger partial charge is 0.352 e. The minimum Gasteiger partial charge on any atom is -0.465 e. The number of nitrogens with zero attached hydrogens (tertiary/aromatic N) is 4. The van der Waals surface area contributed by atoms with E-state index in [0.29, 0.717) is 42.7 Å². The number of nitrogen functional groups attached to an aromatic ring is 1. The molecule has 12 heteroatoms. The fourth-order valence-corrected chi connectivity index (χ4v) is 4.46. The molecule has 36 heavy (non-hydrogen) atoms. The topological polar surface area (TPSA) is 167 Å². The zero-order valence-electron chi connectivity index (χ0n) is 20.1. The number of carbonyl (C=O) groups excluding carboxylic acids is 3. The Balaban J connectivity index is 1.59. The summed E-state index contributed by atoms with van der Waals surface area (Å²) in [5.41, 5.74) is 6.48. The van der Waals surface area contributed by atoms with E-state index >= 15 is 0 Å². The minimum absolute atomic E-state index is 0.00896. The molecule has 2 amide bonds. The van der Waals surface area contributed by atoms with Gasteiger partial charge in [-0.15, -0.1) is 0 Å². The van der Waals surface area contributed by atoms with Gasteiger partial charge in [-0.2, -0.15) is 5.26 Å². The zero-order valence-corrected chi connectivity index (χ0v) is 20.1. The van der Waals surface area contributed by atoms with E-state index in [9.17, 15) is 19.6 Å². The van der Waals surface area contributed by atoms with Crippen molar-refractivity contribution in [1.82, 2.24) is 20.3 Å². The van der Waals surface area contributed by atoms with Crippen molar-refractivity contribution in [2.75, 3.05) is 44.3 Å². The molecule has 12 nitrogen and oxygen atoms in total. The SMILES string of the molecule is COC(=O)/C(C#N)=C(\Nc1ccc2onc(N)c2c1)N[C@H]1CCCCN(CC(=O)N2CCCC2)C1=O. The first-order valence-electron chi connectivity index (χ1n) is 11.9. The second kappa shape index (κ2) is 11.0. The highest BCUT2D eigenvalue weighted by molar-refractivity contribution is 5.95. The average molecular weight is 496 g/mol. The third kappa shape index (κ3) is 5.35. The number of ether oxygens (including phenoxy) is 1. The van der Waals surface area contributed by atoms with Crippen LogP contribution in [0.3, 0.4) is 0 Å². The number of benzene rings is 1. The molecule has 1 aromatic heterocycles. The number of nitrogens with one attached hydrogen (secondary N) is 2. The van der Waals surface area contributed by atoms with Crippen molar-refractivity contribution in [3.05, 3.63) is 29.6 Å². The van der Waals surface area contributed by atoms with Crippen molar-refractivity contribution >= 4 is 40.3 Å². The van der Waals surface area contributed by atoms with Gasteiger partial charge in [0, 0.05) is 25.3 Å². The summed E-state index contributed by atoms with van der Waals surface area (Å²) in [5, 5.41) is 20.1. The molecular formula is C24H29N7O5. The van der Waals surface area contributed by atoms with Gasteiger partial charge in [-0.05, 0) is 50.3 Å². The van der Waals surface area contributed by atoms with Crippen molar-refractivity contribution < 1.29 is 23.6 Å². The molecule has 1 atom stereocenters. The zero-order chi connectivity index (χ0) is 25.7. The molecule has 0 aliphatic carbocycles. The molecule has 0 spiro atoms. The maximum absolute atomic E-state index is 13.4. The Morgan fingerprint density at radius 1 is 1.25 bits per heavy atom. The van der Waals surface area contributed by atoms with Crippen molar-refractivity contribution in [3.8, 4) is 6.07 Å². The Morgan fingerprint density at radius 3 is 2.72 bits per heavy atom. The van der Waals surface area contributed by atoms with Gasteiger partial charge < -0.3 is 35.4 Å². The molecule has 0 bridgehead atoms. The van der Waals surface area contributed by atoms with Crippen LogP contribution in [0.15, 0.2) is 34.1 Å². The first kappa shape index (κ1) is 24.8. The number of aromatic nitrogens is 1. The van der Waals surface area contributed by atoms with Crippen LogP contribution in [0.2, 0.25) is 0 Å². The number of likely N-dealkylation sites (tertiary alicyclic amines) is 2. The van der Waals surface area contributed by atoms with Crippen LogP contribution in [-0.2, 0) is 19.1 Å². The monoisotopic (exact) mass is 495 g/mol. The van der Waals surface area contributed by atoms with E-state index < -0.39 is 12.0 Å². The average Bonchev–Trinajstić information content (AvgIpc) is 3.51. The lowest BCUT2D eigenvalue weighted by Crippen LogP contribution is -2.49. The summed E-state index contributed by atoms with van der Waals surface area (Å²) in [7, 11) is 1.17. The number of nitriles is 1. The predicted octanol–water partition coefficient (Wildman–Crippen LogP) is 1.32. The van der Waals surface area contributed by atoms with Crippen LogP contribution < -0.4 is 16.4 Å². The van der Waals surface area contributed by atoms with Crippen LogP contribution >= 0.6 is 0 Å². The van der Waals surface area contributed by atoms with Gasteiger partial charge in [-0.3, -0.25) is 9.59 Å². The molecule has 2 aliphatic heterocycles. The molecule has 3 heterocycles. The van der Waals surface area contributed by atoms with Gasteiger partial charge in [-0.1, -0.05) is 5.16 Å². The Labute approximate surface area is 208 Å². The van der Waals surface area contributed by atoms with E-state index in [-0.39, 0.29) is 35.6 Å². The molecule has 190 valence electrons. The normalized spacial score (nSPS) is 18.9. The Hall–Kier alpha value is -4.27. The molecule has 4 rings (SSSR count). The van der Waals surface area contributed by atoms with E-state index in [2.05, 4.69) is 15.8 Å². The van der Waals surface area contributed by atoms with Gasteiger partial charge in [0.1, 0.15) is 17.9 Å². The predicted molar refractivity (Wildman–Crippen MR) is 130 cm³/mol. The minimum atomic E-state index is -0.861. The standard InChI is InChI=1S/C24H29N7O5/c1-35-24(34)17(13-25)22(27-15-7-8-19-16(12-15)21(26)29-36-19)28-18-6-2-3-11-31(23(18)33)14-20(32)30-9-4-5-10-30/h7-8,12,18,27-28H,2-6,9-11,14H2,1H3,(H2,26,29)/b22-17+/t18-/m0/s1. The van der Waals surface area contributed by atoms with Crippen molar-refractivity contribution in [2.45, 2.75) is 38.1 Å². The van der Waals surface area contributed by atoms with E-state index in [4.69, 9.17) is 15.0 Å². The summed E-state index contributed by atoms with van der Waals surface area (Å²) >= 11 is 0. The first-order chi connectivity index (χ1) is 17.4. The molecule has 2 aromatic rings. The number of methoxy groups -OCH3 is 1. The van der Waals surface area contributed by atoms with E-state index in [1.54, 1.807) is 28.0 Å². The van der Waals surface area contributed by atoms with Gasteiger partial charge in [0.05, 0.1) is 19.0 Å². The Morgan fingerprint density at radius 2 is 2.00 bits per heavy atom. The Bertz CT molecular complexity index is 1230. The summed E-state index contributed by atoms with van der Waals surface area (Å²) in [4.78, 5) is 41.8. The van der Waals surface area contributed by atoms with Gasteiger partial charge in [-0.25, -0.2) is 4.79 Å². The van der Waals surface area contributed by atoms with Gasteiger partial charge in [0.2, 0.25) is 11.8 Å². The third-order valence-electron chi connectivity index (χ3n) is 6.40. The highest BCUT2D eigenvalue weighted by Crippen LogP contribution is 2.25. The molecule has 0 radical (unpaired) electrons. The van der Waals surface area contributed by atoms with Gasteiger partial charge in [0.25, 0.3) is 0 Å². The van der Waals surface area contributed by atoms with Gasteiger partial charge in [0.15, 0.2) is 17.0 Å². The molecule has 2 saturated heterocycles. The number of hydrogen-bond donors (Lipinski definition) is 3. The van der Waals surface area contributed by atoms with Crippen LogP contribution in [0.1, 0.15) is 32.1 Å². The number of hydrogen-bond acceptors (Lipinski definition) is 10. The number of amides is 2. The highest BCUT2D eigenvalue weighted by atomic mass is 16.5. The lowest BCUT2D eigenvalue weighted by molar-refractivity contribution is -0.140. The summed E-state index contributed by atoms with van der Waals surface area (Å²) in [6.45, 7) is 1.90. The number of nitrogens with two attached hydrogens (primary N) is 1. The largest absolute Gasteiger partial charge is 0.465 e. The summed E-state index contributed by atoms with van der Waals surface area (Å²) in [5.74, 6) is -0.981. The fourth-order valence-electron chi connectivity index (χ4n) is 4.46. The molecule has 4 N–H and O–H groups in total. The molecular weight excluding hydrogens is 466 g/mol. The van der Waals surface area contributed by atoms with Gasteiger partial charge >= 0.3 is 5.97 Å². The second-order valence-electron chi connectivity index (χ2n) is 8.80. The number of esters is 1. The number of rotatable bonds is 7. The van der Waals surface area contributed by atoms with E-state index in [1.807, 2.05) is 6.07 Å². The van der Waals surface area contributed by atoms with E-state index in [1.165, 1.54) is 7.11 Å². The van der Waals surface area contributed by atoms with Crippen LogP contribution in [0, 0.1) is 11.3 Å². The summed E-state index contributed by atoms with van der Waals surface area (Å²) in [6, 6.07) is 6.07. The van der Waals surface area contributed by atoms with Crippen LogP contribution in [-0.4, -0.2) is 72.1 Å². The fraction of sp³-hybridized carbons (Fsp3) is 0.458. The van der Waals surface area contributed by atoms with Crippen LogP contribution in [0.5, 0.6) is 0 Å². The van der Waals surface area contributed by atoms with Crippen LogP contribution in [0.4, 0.5) is 11.5 Å². The number of carbonyl (C=O) groups is 3. The molecule has 2 fully saturated rings. The van der Waals surface area contributed by atoms with Crippen LogP contribution in [0.25, 0.3) is 11.0 Å². The van der Waals surface area contributed by atoms with Crippen molar-refractivity contribution in [3.63, 3.8) is 0 Å². The number of anilines is 2. The van der Waals surface area contributed by atoms with E-state index in [0.717, 1.165) is 25.7 Å². The summed E-state index contributed by atoms with van der Waals surface area (Å²) < 4.78 is 9.91. The molecule has 0 unspecified atom stereocenters. The quantitative estimate of drug-likeness (QED) is 0.289. The molecule has 0 saturated carbocycles. The summed E-state index contributed by atoms with van der Waals surface area (Å²) in [6.07, 6.45) is 3.89. The second-order valence-corrected chi connectivity index (χ2v) is 8.80. The van der Waals surface area contributed by atoms with Crippen molar-refractivity contribution in [1.29, 1.82) is 5.26 Å². The highest BCUT2D eigenvalue weighted by Gasteiger charge is 2.31. The molecule has 2 aliphatic rings. The Kier molecular flexibility index (Phi) is 7.58. The lowest BCUT2D eigenvalue weighted by Gasteiger charge is -2.28. The third-order valence-corrected chi connectivity index (χ3v) is 6.40. The number of fused-ring (bicyclic) bond motifs is 1.